The number of alkyl halides is 3. The van der Waals surface area contributed by atoms with Crippen LogP contribution >= 0.6 is 0 Å². The highest BCUT2D eigenvalue weighted by Gasteiger charge is 2.39. The first-order valence-corrected chi connectivity index (χ1v) is 4.85. The zero-order chi connectivity index (χ0) is 11.3. The molecule has 0 bridgehead atoms. The fourth-order valence-corrected chi connectivity index (χ4v) is 1.27. The number of hydrogen-bond acceptors (Lipinski definition) is 2. The van der Waals surface area contributed by atoms with Crippen LogP contribution < -0.4 is 5.32 Å². The zero-order valence-electron chi connectivity index (χ0n) is 8.47. The van der Waals surface area contributed by atoms with Gasteiger partial charge >= 0.3 is 6.18 Å². The molecule has 0 saturated carbocycles. The number of hydrogen-bond donors (Lipinski definition) is 1. The second kappa shape index (κ2) is 5.21. The lowest BCUT2D eigenvalue weighted by Gasteiger charge is -2.20. The normalized spacial score (nSPS) is 14.1. The van der Waals surface area contributed by atoms with Crippen LogP contribution in [0.25, 0.3) is 0 Å². The molecule has 0 aromatic carbocycles. The molecular weight excluding hydrogens is 207 g/mol. The Morgan fingerprint density at radius 1 is 1.47 bits per heavy atom. The maximum Gasteiger partial charge on any atom is 0.404 e. The van der Waals surface area contributed by atoms with Crippen LogP contribution in [-0.4, -0.2) is 18.8 Å². The largest absolute Gasteiger partial charge is 0.472 e. The van der Waals surface area contributed by atoms with Gasteiger partial charge in [-0.05, 0) is 31.0 Å². The Kier molecular flexibility index (Phi) is 4.20. The quantitative estimate of drug-likeness (QED) is 0.827. The molecule has 1 heterocycles. The Morgan fingerprint density at radius 3 is 2.67 bits per heavy atom. The highest BCUT2D eigenvalue weighted by Crippen LogP contribution is 2.23. The van der Waals surface area contributed by atoms with E-state index in [2.05, 4.69) is 5.32 Å². The van der Waals surface area contributed by atoms with Crippen molar-refractivity contribution in [1.82, 2.24) is 5.32 Å². The van der Waals surface area contributed by atoms with E-state index < -0.39 is 12.2 Å². The maximum atomic E-state index is 12.5. The summed E-state index contributed by atoms with van der Waals surface area (Å²) in [6, 6.07) is 0.0573. The van der Waals surface area contributed by atoms with Gasteiger partial charge < -0.3 is 9.73 Å². The first kappa shape index (κ1) is 12.1. The first-order chi connectivity index (χ1) is 7.04. The lowest BCUT2D eigenvalue weighted by atomic mass is 10.1. The lowest BCUT2D eigenvalue weighted by Crippen LogP contribution is -2.44. The van der Waals surface area contributed by atoms with Crippen LogP contribution in [0.5, 0.6) is 0 Å². The highest BCUT2D eigenvalue weighted by molar-refractivity contribution is 5.08. The summed E-state index contributed by atoms with van der Waals surface area (Å²) in [5, 5.41) is 2.48. The van der Waals surface area contributed by atoms with Crippen LogP contribution in [0, 0.1) is 0 Å². The molecule has 0 saturated heterocycles. The van der Waals surface area contributed by atoms with Gasteiger partial charge in [0.2, 0.25) is 0 Å². The van der Waals surface area contributed by atoms with Gasteiger partial charge in [0.15, 0.2) is 0 Å². The second-order valence-electron chi connectivity index (χ2n) is 3.38. The third-order valence-electron chi connectivity index (χ3n) is 2.06. The van der Waals surface area contributed by atoms with Crippen molar-refractivity contribution in [3.63, 3.8) is 0 Å². The number of rotatable bonds is 5. The van der Waals surface area contributed by atoms with Crippen molar-refractivity contribution in [1.29, 1.82) is 0 Å². The summed E-state index contributed by atoms with van der Waals surface area (Å²) in [4.78, 5) is 0. The Balaban J connectivity index is 2.57. The SMILES string of the molecule is CCCNC(Cc1ccoc1)C(F)(F)F. The van der Waals surface area contributed by atoms with Crippen molar-refractivity contribution in [2.45, 2.75) is 32.0 Å². The molecule has 15 heavy (non-hydrogen) atoms. The van der Waals surface area contributed by atoms with Crippen LogP contribution in [0.2, 0.25) is 0 Å². The lowest BCUT2D eigenvalue weighted by molar-refractivity contribution is -0.155. The highest BCUT2D eigenvalue weighted by atomic mass is 19.4. The minimum absolute atomic E-state index is 0.0833. The molecule has 0 fully saturated rings. The predicted octanol–water partition coefficient (Wildman–Crippen LogP) is 2.75. The summed E-state index contributed by atoms with van der Waals surface area (Å²) in [5.41, 5.74) is 0.556. The van der Waals surface area contributed by atoms with Crippen molar-refractivity contribution in [2.75, 3.05) is 6.54 Å². The molecule has 1 unspecified atom stereocenters. The Hall–Kier alpha value is -0.970. The summed E-state index contributed by atoms with van der Waals surface area (Å²) < 4.78 is 42.4. The molecule has 0 spiro atoms. The van der Waals surface area contributed by atoms with Gasteiger partial charge in [-0.15, -0.1) is 0 Å². The van der Waals surface area contributed by atoms with E-state index in [9.17, 15) is 13.2 Å². The molecule has 1 rings (SSSR count). The van der Waals surface area contributed by atoms with Gasteiger partial charge in [-0.3, -0.25) is 0 Å². The van der Waals surface area contributed by atoms with Crippen molar-refractivity contribution in [3.05, 3.63) is 24.2 Å². The topological polar surface area (TPSA) is 25.2 Å². The van der Waals surface area contributed by atoms with Gasteiger partial charge in [0.1, 0.15) is 6.04 Å². The van der Waals surface area contributed by atoms with E-state index in [4.69, 9.17) is 4.42 Å². The summed E-state index contributed by atoms with van der Waals surface area (Å²) in [6.45, 7) is 2.19. The van der Waals surface area contributed by atoms with Crippen molar-refractivity contribution < 1.29 is 17.6 Å². The van der Waals surface area contributed by atoms with Crippen molar-refractivity contribution in [3.8, 4) is 0 Å². The summed E-state index contributed by atoms with van der Waals surface area (Å²) >= 11 is 0. The third-order valence-corrected chi connectivity index (χ3v) is 2.06. The van der Waals surface area contributed by atoms with E-state index in [0.29, 0.717) is 18.5 Å². The van der Waals surface area contributed by atoms with E-state index in [1.807, 2.05) is 6.92 Å². The first-order valence-electron chi connectivity index (χ1n) is 4.85. The van der Waals surface area contributed by atoms with Gasteiger partial charge in [0.05, 0.1) is 12.5 Å². The zero-order valence-corrected chi connectivity index (χ0v) is 8.47. The smallest absolute Gasteiger partial charge is 0.404 e. The average molecular weight is 221 g/mol. The predicted molar refractivity (Wildman–Crippen MR) is 50.5 cm³/mol. The van der Waals surface area contributed by atoms with Crippen LogP contribution in [0.15, 0.2) is 23.0 Å². The maximum absolute atomic E-state index is 12.5. The van der Waals surface area contributed by atoms with Gasteiger partial charge in [-0.1, -0.05) is 6.92 Å². The fourth-order valence-electron chi connectivity index (χ4n) is 1.27. The minimum Gasteiger partial charge on any atom is -0.472 e. The molecule has 5 heteroatoms. The average Bonchev–Trinajstić information content (AvgIpc) is 2.62. The molecule has 1 atom stereocenters. The molecule has 86 valence electrons. The van der Waals surface area contributed by atoms with E-state index >= 15 is 0 Å². The summed E-state index contributed by atoms with van der Waals surface area (Å²) in [5.74, 6) is 0. The molecule has 0 radical (unpaired) electrons. The molecule has 0 amide bonds. The minimum atomic E-state index is -4.22. The standard InChI is InChI=1S/C10H14F3NO/c1-2-4-14-9(10(11,12)13)6-8-3-5-15-7-8/h3,5,7,9,14H,2,4,6H2,1H3. The molecule has 1 aromatic rings. The fraction of sp³-hybridized carbons (Fsp3) is 0.600. The van der Waals surface area contributed by atoms with Gasteiger partial charge in [0, 0.05) is 0 Å². The van der Waals surface area contributed by atoms with Crippen LogP contribution in [-0.2, 0) is 6.42 Å². The van der Waals surface area contributed by atoms with Crippen LogP contribution in [0.3, 0.4) is 0 Å². The Morgan fingerprint density at radius 2 is 2.20 bits per heavy atom. The van der Waals surface area contributed by atoms with E-state index in [1.165, 1.54) is 12.5 Å². The number of nitrogens with one attached hydrogen (secondary N) is 1. The molecule has 1 aromatic heterocycles. The van der Waals surface area contributed by atoms with Crippen LogP contribution in [0.4, 0.5) is 13.2 Å². The Labute approximate surface area is 86.5 Å². The van der Waals surface area contributed by atoms with E-state index in [-0.39, 0.29) is 6.42 Å². The summed E-state index contributed by atoms with van der Waals surface area (Å²) in [6.07, 6.45) is -0.903. The molecule has 2 nitrogen and oxygen atoms in total. The van der Waals surface area contributed by atoms with Crippen LogP contribution in [0.1, 0.15) is 18.9 Å². The van der Waals surface area contributed by atoms with Gasteiger partial charge in [-0.2, -0.15) is 13.2 Å². The van der Waals surface area contributed by atoms with E-state index in [1.54, 1.807) is 6.07 Å². The number of halogens is 3. The van der Waals surface area contributed by atoms with Crippen molar-refractivity contribution >= 4 is 0 Å². The monoisotopic (exact) mass is 221 g/mol. The molecular formula is C10H14F3NO. The number of furan rings is 1. The van der Waals surface area contributed by atoms with Crippen molar-refractivity contribution in [2.24, 2.45) is 0 Å². The molecule has 0 aliphatic heterocycles. The Bertz CT molecular complexity index is 269. The molecule has 0 aliphatic rings. The second-order valence-corrected chi connectivity index (χ2v) is 3.38. The molecule has 1 N–H and O–H groups in total. The summed E-state index contributed by atoms with van der Waals surface area (Å²) in [7, 11) is 0. The third kappa shape index (κ3) is 3.95. The molecule has 0 aliphatic carbocycles. The van der Waals surface area contributed by atoms with Gasteiger partial charge in [-0.25, -0.2) is 0 Å². The van der Waals surface area contributed by atoms with Gasteiger partial charge in [0.25, 0.3) is 0 Å². The van der Waals surface area contributed by atoms with E-state index in [0.717, 1.165) is 0 Å².